The normalized spacial score (nSPS) is 10.9. The number of hydrogen-bond acceptors (Lipinski definition) is 4. The Morgan fingerprint density at radius 2 is 1.62 bits per heavy atom. The zero-order chi connectivity index (χ0) is 26.4. The highest BCUT2D eigenvalue weighted by molar-refractivity contribution is 5.70. The summed E-state index contributed by atoms with van der Waals surface area (Å²) in [6.45, 7) is 8.57. The van der Waals surface area contributed by atoms with Gasteiger partial charge in [-0.15, -0.1) is 0 Å². The number of benzene rings is 3. The van der Waals surface area contributed by atoms with Gasteiger partial charge in [-0.05, 0) is 67.1 Å². The molecular formula is C32H33N3O2. The van der Waals surface area contributed by atoms with Crippen LogP contribution in [0, 0.1) is 11.3 Å². The van der Waals surface area contributed by atoms with Crippen LogP contribution < -0.4 is 10.3 Å². The lowest BCUT2D eigenvalue weighted by atomic mass is 9.99. The summed E-state index contributed by atoms with van der Waals surface area (Å²) >= 11 is 0. The van der Waals surface area contributed by atoms with Crippen LogP contribution in [-0.2, 0) is 19.4 Å². The number of aromatic nitrogens is 2. The Morgan fingerprint density at radius 3 is 2.24 bits per heavy atom. The highest BCUT2D eigenvalue weighted by Crippen LogP contribution is 2.26. The first-order valence-corrected chi connectivity index (χ1v) is 12.9. The van der Waals surface area contributed by atoms with Crippen LogP contribution in [0.25, 0.3) is 22.3 Å². The fourth-order valence-electron chi connectivity index (χ4n) is 4.55. The molecule has 0 aliphatic heterocycles. The third-order valence-corrected chi connectivity index (χ3v) is 6.30. The Balaban J connectivity index is 1.73. The highest BCUT2D eigenvalue weighted by Gasteiger charge is 2.18. The van der Waals surface area contributed by atoms with E-state index < -0.39 is 0 Å². The molecule has 5 nitrogen and oxygen atoms in total. The minimum absolute atomic E-state index is 0.0215. The van der Waals surface area contributed by atoms with Crippen molar-refractivity contribution in [3.05, 3.63) is 106 Å². The quantitative estimate of drug-likeness (QED) is 0.258. The van der Waals surface area contributed by atoms with Gasteiger partial charge in [0, 0.05) is 6.42 Å². The van der Waals surface area contributed by atoms with Gasteiger partial charge in [-0.25, -0.2) is 4.98 Å². The van der Waals surface area contributed by atoms with Gasteiger partial charge in [0.05, 0.1) is 35.5 Å². The van der Waals surface area contributed by atoms with E-state index in [0.717, 1.165) is 52.4 Å². The fourth-order valence-corrected chi connectivity index (χ4v) is 4.55. The Kier molecular flexibility index (Phi) is 8.20. The summed E-state index contributed by atoms with van der Waals surface area (Å²) < 4.78 is 7.60. The van der Waals surface area contributed by atoms with Gasteiger partial charge < -0.3 is 4.74 Å². The maximum Gasteiger partial charge on any atom is 0.261 e. The van der Waals surface area contributed by atoms with Crippen molar-refractivity contribution in [3.63, 3.8) is 0 Å². The molecule has 3 aromatic carbocycles. The van der Waals surface area contributed by atoms with Crippen LogP contribution in [0.5, 0.6) is 5.75 Å². The molecule has 0 saturated carbocycles. The van der Waals surface area contributed by atoms with E-state index in [1.165, 1.54) is 0 Å². The van der Waals surface area contributed by atoms with Crippen molar-refractivity contribution in [1.82, 2.24) is 9.55 Å². The molecule has 0 spiro atoms. The maximum atomic E-state index is 13.9. The van der Waals surface area contributed by atoms with Gasteiger partial charge in [0.1, 0.15) is 11.6 Å². The average Bonchev–Trinajstić information content (AvgIpc) is 2.91. The molecule has 0 N–H and O–H groups in total. The molecule has 4 aromatic rings. The van der Waals surface area contributed by atoms with E-state index in [2.05, 4.69) is 13.0 Å². The molecule has 0 aliphatic rings. The third kappa shape index (κ3) is 5.81. The molecule has 0 saturated heterocycles. The first kappa shape index (κ1) is 25.9. The summed E-state index contributed by atoms with van der Waals surface area (Å²) in [5.74, 6) is 1.59. The van der Waals surface area contributed by atoms with Gasteiger partial charge in [-0.2, -0.15) is 5.26 Å². The summed E-state index contributed by atoms with van der Waals surface area (Å²) in [7, 11) is 0. The van der Waals surface area contributed by atoms with Crippen molar-refractivity contribution in [3.8, 4) is 34.1 Å². The predicted octanol–water partition coefficient (Wildman–Crippen LogP) is 6.80. The average molecular weight is 492 g/mol. The second-order valence-electron chi connectivity index (χ2n) is 9.39. The number of rotatable bonds is 9. The van der Waals surface area contributed by atoms with Crippen LogP contribution in [-0.4, -0.2) is 15.7 Å². The zero-order valence-electron chi connectivity index (χ0n) is 22.0. The minimum atomic E-state index is -0.0215. The van der Waals surface area contributed by atoms with E-state index in [-0.39, 0.29) is 11.7 Å². The molecule has 5 heteroatoms. The lowest BCUT2D eigenvalue weighted by Gasteiger charge is -2.17. The maximum absolute atomic E-state index is 13.9. The molecule has 0 amide bonds. The molecule has 0 unspecified atom stereocenters. The third-order valence-electron chi connectivity index (χ3n) is 6.30. The van der Waals surface area contributed by atoms with Crippen LogP contribution in [0.15, 0.2) is 77.6 Å². The van der Waals surface area contributed by atoms with Crippen LogP contribution in [0.2, 0.25) is 0 Å². The number of aryl methyl sites for hydroxylation is 2. The van der Waals surface area contributed by atoms with Crippen LogP contribution in [0.3, 0.4) is 0 Å². The SMILES string of the molecule is CCCc1nc(CC)c(-c2ccc(OC(C)C)cc2)c(=O)n1Cc1ccc(-c2ccccc2C#N)cc1. The van der Waals surface area contributed by atoms with Gasteiger partial charge in [-0.1, -0.05) is 68.4 Å². The summed E-state index contributed by atoms with van der Waals surface area (Å²) in [6, 6.07) is 25.6. The smallest absolute Gasteiger partial charge is 0.261 e. The van der Waals surface area contributed by atoms with Gasteiger partial charge in [0.15, 0.2) is 0 Å². The van der Waals surface area contributed by atoms with Gasteiger partial charge in [0.2, 0.25) is 0 Å². The number of hydrogen-bond donors (Lipinski definition) is 0. The Morgan fingerprint density at radius 1 is 0.946 bits per heavy atom. The van der Waals surface area contributed by atoms with Crippen molar-refractivity contribution >= 4 is 0 Å². The van der Waals surface area contributed by atoms with E-state index in [4.69, 9.17) is 9.72 Å². The van der Waals surface area contributed by atoms with Crippen molar-refractivity contribution < 1.29 is 4.74 Å². The Hall–Kier alpha value is -4.17. The number of ether oxygens (including phenoxy) is 1. The van der Waals surface area contributed by atoms with Crippen LogP contribution in [0.1, 0.15) is 56.8 Å². The lowest BCUT2D eigenvalue weighted by Crippen LogP contribution is -2.29. The molecule has 188 valence electrons. The summed E-state index contributed by atoms with van der Waals surface area (Å²) in [5, 5.41) is 9.45. The van der Waals surface area contributed by atoms with Crippen molar-refractivity contribution in [1.29, 1.82) is 5.26 Å². The zero-order valence-corrected chi connectivity index (χ0v) is 22.0. The highest BCUT2D eigenvalue weighted by atomic mass is 16.5. The first-order valence-electron chi connectivity index (χ1n) is 12.9. The Bertz CT molecular complexity index is 1460. The van der Waals surface area contributed by atoms with E-state index in [1.807, 2.05) is 98.1 Å². The molecule has 37 heavy (non-hydrogen) atoms. The molecule has 0 bridgehead atoms. The fraction of sp³-hybridized carbons (Fsp3) is 0.281. The second-order valence-corrected chi connectivity index (χ2v) is 9.39. The molecule has 0 fully saturated rings. The number of nitrogens with zero attached hydrogens (tertiary/aromatic N) is 3. The molecule has 0 aliphatic carbocycles. The van der Waals surface area contributed by atoms with Gasteiger partial charge >= 0.3 is 0 Å². The van der Waals surface area contributed by atoms with E-state index >= 15 is 0 Å². The number of nitriles is 1. The molecule has 1 heterocycles. The monoisotopic (exact) mass is 491 g/mol. The van der Waals surface area contributed by atoms with Crippen LogP contribution in [0.4, 0.5) is 0 Å². The topological polar surface area (TPSA) is 67.9 Å². The standard InChI is InChI=1S/C32H33N3O2/c1-5-9-30-34-29(6-2)31(25-16-18-27(19-17-25)37-22(3)4)32(36)35(30)21-23-12-14-24(15-13-23)28-11-8-7-10-26(28)20-33/h7-8,10-19,22H,5-6,9,21H2,1-4H3. The molecule has 0 radical (unpaired) electrons. The van der Waals surface area contributed by atoms with E-state index in [1.54, 1.807) is 0 Å². The summed E-state index contributed by atoms with van der Waals surface area (Å²) in [6.07, 6.45) is 2.40. The molecule has 4 rings (SSSR count). The second kappa shape index (κ2) is 11.7. The van der Waals surface area contributed by atoms with Crippen molar-refractivity contribution in [2.45, 2.75) is 59.6 Å². The largest absolute Gasteiger partial charge is 0.491 e. The van der Waals surface area contributed by atoms with E-state index in [0.29, 0.717) is 24.1 Å². The summed E-state index contributed by atoms with van der Waals surface area (Å²) in [5.41, 5.74) is 5.84. The van der Waals surface area contributed by atoms with Gasteiger partial charge in [-0.3, -0.25) is 9.36 Å². The first-order chi connectivity index (χ1) is 17.9. The predicted molar refractivity (Wildman–Crippen MR) is 149 cm³/mol. The Labute approximate surface area is 219 Å². The van der Waals surface area contributed by atoms with Crippen molar-refractivity contribution in [2.24, 2.45) is 0 Å². The van der Waals surface area contributed by atoms with E-state index in [9.17, 15) is 10.1 Å². The lowest BCUT2D eigenvalue weighted by molar-refractivity contribution is 0.242. The van der Waals surface area contributed by atoms with Crippen LogP contribution >= 0.6 is 0 Å². The van der Waals surface area contributed by atoms with Gasteiger partial charge in [0.25, 0.3) is 5.56 Å². The molecule has 1 aromatic heterocycles. The minimum Gasteiger partial charge on any atom is -0.491 e. The summed E-state index contributed by atoms with van der Waals surface area (Å²) in [4.78, 5) is 18.9. The molecule has 0 atom stereocenters. The molecular weight excluding hydrogens is 458 g/mol. The van der Waals surface area contributed by atoms with Crippen molar-refractivity contribution in [2.75, 3.05) is 0 Å².